The molecule has 184 valence electrons. The van der Waals surface area contributed by atoms with E-state index in [1.165, 1.54) is 12.1 Å². The molecule has 3 aliphatic rings. The number of hydrogen-bond acceptors (Lipinski definition) is 5. The SMILES string of the molecule is Nc1nccn2c(C3=C4CC(CO)(C4)OC3)nc(-c3ccc(C(F)(F)c4cccc(F)c4F)cc3)c12. The Kier molecular flexibility index (Phi) is 4.96. The van der Waals surface area contributed by atoms with Crippen molar-refractivity contribution in [2.75, 3.05) is 18.9 Å². The van der Waals surface area contributed by atoms with Gasteiger partial charge in [0.1, 0.15) is 22.9 Å². The molecule has 7 rings (SSSR count). The van der Waals surface area contributed by atoms with Crippen LogP contribution in [0.2, 0.25) is 0 Å². The summed E-state index contributed by atoms with van der Waals surface area (Å²) in [5, 5.41) is 9.60. The first-order chi connectivity index (χ1) is 17.2. The second kappa shape index (κ2) is 7.87. The van der Waals surface area contributed by atoms with Gasteiger partial charge in [0.15, 0.2) is 11.6 Å². The zero-order chi connectivity index (χ0) is 25.2. The molecule has 0 unspecified atom stereocenters. The maximum atomic E-state index is 15.0. The Hall–Kier alpha value is -3.76. The topological polar surface area (TPSA) is 85.7 Å². The smallest absolute Gasteiger partial charge is 0.301 e. The Balaban J connectivity index is 1.43. The Morgan fingerprint density at radius 1 is 1.11 bits per heavy atom. The normalized spacial score (nSPS) is 16.9. The van der Waals surface area contributed by atoms with Crippen molar-refractivity contribution in [2.45, 2.75) is 24.4 Å². The van der Waals surface area contributed by atoms with Crippen LogP contribution in [0.5, 0.6) is 0 Å². The predicted octanol–water partition coefficient (Wildman–Crippen LogP) is 4.71. The summed E-state index contributed by atoms with van der Waals surface area (Å²) in [6.45, 7) is 0.228. The van der Waals surface area contributed by atoms with E-state index in [1.54, 1.807) is 16.8 Å². The fourth-order valence-corrected chi connectivity index (χ4v) is 4.97. The quantitative estimate of drug-likeness (QED) is 0.391. The molecule has 6 nitrogen and oxygen atoms in total. The molecule has 4 heterocycles. The predicted molar refractivity (Wildman–Crippen MR) is 124 cm³/mol. The van der Waals surface area contributed by atoms with Gasteiger partial charge in [0, 0.05) is 41.9 Å². The lowest BCUT2D eigenvalue weighted by atomic mass is 9.71. The van der Waals surface area contributed by atoms with E-state index >= 15 is 8.78 Å². The third-order valence-corrected chi connectivity index (χ3v) is 6.97. The van der Waals surface area contributed by atoms with Crippen molar-refractivity contribution in [3.05, 3.63) is 89.0 Å². The standard InChI is InChI=1S/C26H20F4N4O2/c27-19-3-1-2-18(20(19)28)26(29,30)16-6-4-14(5-7-16)21-22-23(31)32-8-9-34(22)24(33-21)17-12-36-25(13-35)10-15(17)11-25/h1-9,35H,10-13H2,(H2,31,32). The molecule has 0 saturated heterocycles. The van der Waals surface area contributed by atoms with E-state index in [4.69, 9.17) is 15.5 Å². The summed E-state index contributed by atoms with van der Waals surface area (Å²) < 4.78 is 65.4. The number of fused-ring (bicyclic) bond motifs is 3. The highest BCUT2D eigenvalue weighted by atomic mass is 19.3. The zero-order valence-corrected chi connectivity index (χ0v) is 18.8. The van der Waals surface area contributed by atoms with Gasteiger partial charge in [-0.2, -0.15) is 8.78 Å². The number of nitrogens with two attached hydrogens (primary N) is 1. The molecule has 0 atom stereocenters. The molecule has 2 aromatic heterocycles. The molecule has 4 aromatic rings. The molecule has 2 aliphatic heterocycles. The number of aromatic nitrogens is 3. The summed E-state index contributed by atoms with van der Waals surface area (Å²) in [4.78, 5) is 8.95. The van der Waals surface area contributed by atoms with Crippen molar-refractivity contribution in [1.82, 2.24) is 14.4 Å². The van der Waals surface area contributed by atoms with Crippen LogP contribution in [0.4, 0.5) is 23.4 Å². The number of halogens is 4. The van der Waals surface area contributed by atoms with Crippen LogP contribution in [0.25, 0.3) is 22.3 Å². The summed E-state index contributed by atoms with van der Waals surface area (Å²) in [6, 6.07) is 7.89. The molecule has 3 N–H and O–H groups in total. The van der Waals surface area contributed by atoms with E-state index in [0.717, 1.165) is 41.5 Å². The summed E-state index contributed by atoms with van der Waals surface area (Å²) in [7, 11) is 0. The van der Waals surface area contributed by atoms with Gasteiger partial charge in [-0.05, 0) is 12.1 Å². The largest absolute Gasteiger partial charge is 0.393 e. The monoisotopic (exact) mass is 496 g/mol. The molecule has 0 radical (unpaired) electrons. The van der Waals surface area contributed by atoms with Gasteiger partial charge in [0.05, 0.1) is 24.4 Å². The van der Waals surface area contributed by atoms with Gasteiger partial charge in [0.25, 0.3) is 0 Å². The van der Waals surface area contributed by atoms with Crippen molar-refractivity contribution in [3.63, 3.8) is 0 Å². The fourth-order valence-electron chi connectivity index (χ4n) is 4.97. The summed E-state index contributed by atoms with van der Waals surface area (Å²) in [5.41, 5.74) is 7.60. The first-order valence-corrected chi connectivity index (χ1v) is 11.3. The molecule has 0 spiro atoms. The lowest BCUT2D eigenvalue weighted by molar-refractivity contribution is -0.103. The van der Waals surface area contributed by atoms with Gasteiger partial charge >= 0.3 is 5.92 Å². The second-order valence-electron chi connectivity index (χ2n) is 9.13. The van der Waals surface area contributed by atoms with E-state index in [0.29, 0.717) is 35.4 Å². The Morgan fingerprint density at radius 2 is 1.86 bits per heavy atom. The molecule has 2 bridgehead atoms. The molecule has 1 saturated carbocycles. The lowest BCUT2D eigenvalue weighted by Crippen LogP contribution is -2.49. The molecule has 1 aliphatic carbocycles. The summed E-state index contributed by atoms with van der Waals surface area (Å²) in [5.74, 6) is -5.86. The average molecular weight is 496 g/mol. The zero-order valence-electron chi connectivity index (χ0n) is 18.8. The van der Waals surface area contributed by atoms with Crippen molar-refractivity contribution < 1.29 is 27.4 Å². The highest BCUT2D eigenvalue weighted by Crippen LogP contribution is 2.49. The van der Waals surface area contributed by atoms with Crippen LogP contribution in [0.3, 0.4) is 0 Å². The van der Waals surface area contributed by atoms with Crippen molar-refractivity contribution in [1.29, 1.82) is 0 Å². The maximum Gasteiger partial charge on any atom is 0.301 e. The minimum atomic E-state index is -3.75. The third-order valence-electron chi connectivity index (χ3n) is 6.97. The van der Waals surface area contributed by atoms with Crippen LogP contribution in [0, 0.1) is 11.6 Å². The van der Waals surface area contributed by atoms with Crippen molar-refractivity contribution >= 4 is 16.9 Å². The minimum absolute atomic E-state index is 0.0509. The second-order valence-corrected chi connectivity index (χ2v) is 9.13. The van der Waals surface area contributed by atoms with E-state index < -0.39 is 34.3 Å². The Labute approximate surface area is 202 Å². The van der Waals surface area contributed by atoms with Gasteiger partial charge in [0.2, 0.25) is 0 Å². The van der Waals surface area contributed by atoms with Crippen LogP contribution in [-0.2, 0) is 10.7 Å². The Morgan fingerprint density at radius 3 is 2.53 bits per heavy atom. The number of alkyl halides is 2. The molecular weight excluding hydrogens is 476 g/mol. The van der Waals surface area contributed by atoms with Gasteiger partial charge in [-0.15, -0.1) is 0 Å². The van der Waals surface area contributed by atoms with Crippen LogP contribution in [-0.4, -0.2) is 38.3 Å². The van der Waals surface area contributed by atoms with E-state index in [2.05, 4.69) is 4.98 Å². The van der Waals surface area contributed by atoms with Gasteiger partial charge < -0.3 is 15.6 Å². The number of hydrogen-bond donors (Lipinski definition) is 2. The van der Waals surface area contributed by atoms with E-state index in [9.17, 15) is 13.9 Å². The number of benzene rings is 2. The Bertz CT molecular complexity index is 1540. The highest BCUT2D eigenvalue weighted by molar-refractivity contribution is 5.88. The number of anilines is 1. The number of ether oxygens (including phenoxy) is 1. The molecule has 10 heteroatoms. The minimum Gasteiger partial charge on any atom is -0.393 e. The number of aliphatic hydroxyl groups excluding tert-OH is 1. The number of imidazole rings is 1. The molecule has 0 amide bonds. The molecule has 2 aromatic carbocycles. The summed E-state index contributed by atoms with van der Waals surface area (Å²) in [6.07, 6.45) is 4.49. The lowest BCUT2D eigenvalue weighted by Gasteiger charge is -2.47. The van der Waals surface area contributed by atoms with Gasteiger partial charge in [-0.25, -0.2) is 18.7 Å². The van der Waals surface area contributed by atoms with Crippen molar-refractivity contribution in [3.8, 4) is 11.3 Å². The van der Waals surface area contributed by atoms with Crippen LogP contribution >= 0.6 is 0 Å². The van der Waals surface area contributed by atoms with Crippen LogP contribution in [0.15, 0.2) is 60.4 Å². The van der Waals surface area contributed by atoms with Crippen LogP contribution < -0.4 is 5.73 Å². The number of nitrogen functional groups attached to an aromatic ring is 1. The third kappa shape index (κ3) is 3.25. The first-order valence-electron chi connectivity index (χ1n) is 11.3. The van der Waals surface area contributed by atoms with Gasteiger partial charge in [-0.1, -0.05) is 35.9 Å². The maximum absolute atomic E-state index is 15.0. The van der Waals surface area contributed by atoms with Crippen molar-refractivity contribution in [2.24, 2.45) is 0 Å². The number of nitrogens with zero attached hydrogens (tertiary/aromatic N) is 3. The average Bonchev–Trinajstić information content (AvgIpc) is 3.26. The molecule has 36 heavy (non-hydrogen) atoms. The highest BCUT2D eigenvalue weighted by Gasteiger charge is 2.47. The number of rotatable bonds is 5. The fraction of sp³-hybridized carbons (Fsp3) is 0.231. The molecule has 1 fully saturated rings. The summed E-state index contributed by atoms with van der Waals surface area (Å²) >= 11 is 0. The van der Waals surface area contributed by atoms with Gasteiger partial charge in [-0.3, -0.25) is 4.40 Å². The van der Waals surface area contributed by atoms with Crippen LogP contribution in [0.1, 0.15) is 29.8 Å². The van der Waals surface area contributed by atoms with E-state index in [1.807, 2.05) is 0 Å². The number of aliphatic hydroxyl groups is 1. The van der Waals surface area contributed by atoms with E-state index in [-0.39, 0.29) is 19.0 Å². The first kappa shape index (κ1) is 22.7. The molecular formula is C26H20F4N4O2.